The topological polar surface area (TPSA) is 0 Å². The molecule has 0 aliphatic rings. The minimum atomic E-state index is -7.10. The molecule has 0 bridgehead atoms. The third kappa shape index (κ3) is 22.2. The monoisotopic (exact) mass is 1110 g/mol. The SMILES string of the molecule is CCCCC(CC)C[CH2][Al-]([CH2]CC(CC)CCCC)([CH2]CC(CC)CCCC)[CH2]CC(CC)CCCC.CC[PH2+]CF.Fc1c(F)c(F)c(-c2c(C(F)(F)F)c(F)c(F)c(F)c2C(F)(F)C(F)(F)F)c(F)c1F. The highest BCUT2D eigenvalue weighted by atomic mass is 31.1. The van der Waals surface area contributed by atoms with Gasteiger partial charge in [0.15, 0.2) is 47.1 Å². The Kier molecular flexibility index (Phi) is 34.7. The lowest BCUT2D eigenvalue weighted by molar-refractivity contribution is -0.290. The minimum absolute atomic E-state index is 0.0729. The summed E-state index contributed by atoms with van der Waals surface area (Å²) in [6, 6.07) is 0. The van der Waals surface area contributed by atoms with Crippen molar-refractivity contribution in [2.45, 2.75) is 230 Å². The van der Waals surface area contributed by atoms with E-state index in [1.54, 1.807) is 46.8 Å². The summed E-state index contributed by atoms with van der Waals surface area (Å²) in [4.78, 5) is 0. The van der Waals surface area contributed by atoms with Crippen LogP contribution in [0.2, 0.25) is 21.1 Å². The van der Waals surface area contributed by atoms with Crippen LogP contribution in [0.25, 0.3) is 11.1 Å². The number of unbranched alkanes of at least 4 members (excludes halogenated alkanes) is 4. The molecule has 0 aliphatic carbocycles. The highest BCUT2D eigenvalue weighted by molar-refractivity contribution is 7.37. The van der Waals surface area contributed by atoms with Crippen molar-refractivity contribution in [1.29, 1.82) is 0 Å². The molecule has 0 fully saturated rings. The van der Waals surface area contributed by atoms with Gasteiger partial charge < -0.3 is 0 Å². The van der Waals surface area contributed by atoms with Crippen molar-refractivity contribution in [1.82, 2.24) is 0 Å². The number of benzene rings is 2. The zero-order chi connectivity index (χ0) is 56.3. The first-order valence-electron chi connectivity index (χ1n) is 27.0. The molecule has 2 rings (SSSR count). The fourth-order valence-corrected chi connectivity index (χ4v) is 16.6. The number of rotatable bonds is 32. The van der Waals surface area contributed by atoms with Crippen molar-refractivity contribution >= 4 is 21.7 Å². The molecule has 5 atom stereocenters. The van der Waals surface area contributed by atoms with E-state index in [0.717, 1.165) is 29.8 Å². The third-order valence-corrected chi connectivity index (χ3v) is 22.1. The Morgan fingerprint density at radius 1 is 0.384 bits per heavy atom. The second-order valence-corrected chi connectivity index (χ2v) is 27.6. The Balaban J connectivity index is 0.00000131. The highest BCUT2D eigenvalue weighted by Gasteiger charge is 2.63. The van der Waals surface area contributed by atoms with Crippen molar-refractivity contribution in [3.05, 3.63) is 57.7 Å². The fourth-order valence-electron chi connectivity index (χ4n) is 9.95. The van der Waals surface area contributed by atoms with Gasteiger partial charge in [0.2, 0.25) is 5.82 Å². The van der Waals surface area contributed by atoms with Crippen LogP contribution in [-0.4, -0.2) is 31.8 Å². The summed E-state index contributed by atoms with van der Waals surface area (Å²) in [5, 5.41) is 6.75. The molecule has 0 heterocycles. The molecule has 0 aliphatic heterocycles. The fraction of sp³-hybridized carbons (Fsp3) is 0.778. The zero-order valence-corrected chi connectivity index (χ0v) is 47.1. The number of halogens is 17. The van der Waals surface area contributed by atoms with E-state index in [4.69, 9.17) is 0 Å². The van der Waals surface area contributed by atoms with E-state index in [-0.39, 0.29) is 15.0 Å². The van der Waals surface area contributed by atoms with E-state index < -0.39 is 100 Å². The first-order valence-corrected chi connectivity index (χ1v) is 31.9. The maximum Gasteiger partial charge on any atom is 0.458 e. The molecule has 0 radical (unpaired) electrons. The molecular weight excluding hydrogens is 1030 g/mol. The molecule has 0 saturated carbocycles. The molecule has 0 saturated heterocycles. The van der Waals surface area contributed by atoms with Crippen LogP contribution in [0.3, 0.4) is 0 Å². The van der Waals surface area contributed by atoms with Crippen LogP contribution < -0.4 is 0 Å². The van der Waals surface area contributed by atoms with Crippen molar-refractivity contribution in [2.24, 2.45) is 23.7 Å². The van der Waals surface area contributed by atoms with Gasteiger partial charge in [-0.15, -0.1) is 0 Å². The molecule has 0 amide bonds. The Bertz CT molecular complexity index is 1720. The lowest BCUT2D eigenvalue weighted by Crippen LogP contribution is -2.36. The van der Waals surface area contributed by atoms with Crippen LogP contribution in [-0.2, 0) is 12.1 Å². The van der Waals surface area contributed by atoms with E-state index in [1.807, 2.05) is 6.92 Å². The molecular formula is C54H85AlF17P. The summed E-state index contributed by atoms with van der Waals surface area (Å²) in [5.74, 6) is -30.1. The molecule has 19 heteroatoms. The maximum atomic E-state index is 13.9. The predicted octanol–water partition coefficient (Wildman–Crippen LogP) is 22.3. The van der Waals surface area contributed by atoms with Crippen LogP contribution in [0.4, 0.5) is 74.6 Å². The average molecular weight is 1120 g/mol. The maximum absolute atomic E-state index is 13.9. The van der Waals surface area contributed by atoms with Crippen molar-refractivity contribution in [3.63, 3.8) is 0 Å². The van der Waals surface area contributed by atoms with Crippen molar-refractivity contribution < 1.29 is 74.6 Å². The Morgan fingerprint density at radius 3 is 0.904 bits per heavy atom. The molecule has 0 nitrogen and oxygen atoms in total. The van der Waals surface area contributed by atoms with Gasteiger partial charge in [0.05, 0.1) is 17.3 Å². The molecule has 5 unspecified atom stereocenters. The van der Waals surface area contributed by atoms with Crippen LogP contribution in [0.15, 0.2) is 0 Å². The van der Waals surface area contributed by atoms with Crippen LogP contribution in [0, 0.1) is 70.2 Å². The standard InChI is InChI=1S/C15F16.4C9H19.C3H8FP.Al/c16-5-2(6(17)10(21)12(23)9(5)20)1-3(13(24,25)15(29,30)31)7(18)11(22)8(19)4(1)14(26,27)28;4*1-4-7-8-9(5-2)6-3;1-2-5-3-4;/h;4*9H,2,4-8H2,1,3H3;5H,2-3H2,1H3;/q;;;;;;-1/p+1. The minimum Gasteiger partial charge on any atom is -0.207 e. The van der Waals surface area contributed by atoms with Gasteiger partial charge in [-0.25, -0.2) is 39.5 Å². The molecule has 2 aromatic rings. The normalized spacial score (nSPS) is 14.9. The summed E-state index contributed by atoms with van der Waals surface area (Å²) in [5.41, 5.74) is -14.2. The number of alkyl halides is 9. The van der Waals surface area contributed by atoms with Gasteiger partial charge in [0, 0.05) is 14.1 Å². The van der Waals surface area contributed by atoms with Crippen LogP contribution in [0.1, 0.15) is 202 Å². The summed E-state index contributed by atoms with van der Waals surface area (Å²) >= 11 is -1.64. The second kappa shape index (κ2) is 35.6. The largest absolute Gasteiger partial charge is 0.458 e. The Morgan fingerprint density at radius 2 is 0.671 bits per heavy atom. The van der Waals surface area contributed by atoms with Gasteiger partial charge in [-0.3, -0.25) is 0 Å². The first-order chi connectivity index (χ1) is 34.2. The predicted molar refractivity (Wildman–Crippen MR) is 269 cm³/mol. The van der Waals surface area contributed by atoms with E-state index in [9.17, 15) is 74.6 Å². The van der Waals surface area contributed by atoms with E-state index in [1.165, 1.54) is 103 Å². The summed E-state index contributed by atoms with van der Waals surface area (Å²) in [7, 11) is 0.148. The number of hydrogen-bond donors (Lipinski definition) is 0. The van der Waals surface area contributed by atoms with Gasteiger partial charge in [0.1, 0.15) is 18.6 Å². The van der Waals surface area contributed by atoms with Crippen molar-refractivity contribution in [3.8, 4) is 11.1 Å². The van der Waals surface area contributed by atoms with Gasteiger partial charge in [-0.2, -0.15) is 56.3 Å². The summed E-state index contributed by atoms with van der Waals surface area (Å²) in [6.07, 6.45) is 16.6. The quantitative estimate of drug-likeness (QED) is 0.0225. The highest BCUT2D eigenvalue weighted by Crippen LogP contribution is 2.54. The molecule has 428 valence electrons. The van der Waals surface area contributed by atoms with Crippen LogP contribution >= 0.6 is 8.58 Å². The van der Waals surface area contributed by atoms with Gasteiger partial charge in [0.25, 0.3) is 0 Å². The molecule has 2 aromatic carbocycles. The van der Waals surface area contributed by atoms with E-state index in [2.05, 4.69) is 55.4 Å². The summed E-state index contributed by atoms with van der Waals surface area (Å²) in [6.45, 7) is 21.5. The molecule has 0 N–H and O–H groups in total. The number of hydrogen-bond acceptors (Lipinski definition) is 0. The van der Waals surface area contributed by atoms with Gasteiger partial charge in [-0.05, 0) is 30.6 Å². The van der Waals surface area contributed by atoms with E-state index >= 15 is 0 Å². The zero-order valence-electron chi connectivity index (χ0n) is 44.8. The molecule has 0 spiro atoms. The van der Waals surface area contributed by atoms with Gasteiger partial charge in [-0.1, -0.05) is 184 Å². The lowest BCUT2D eigenvalue weighted by atomic mass is 9.88. The van der Waals surface area contributed by atoms with Gasteiger partial charge >= 0.3 is 18.3 Å². The van der Waals surface area contributed by atoms with E-state index in [0.29, 0.717) is 0 Å². The Hall–Kier alpha value is -1.79. The van der Waals surface area contributed by atoms with Crippen molar-refractivity contribution in [2.75, 3.05) is 12.6 Å². The summed E-state index contributed by atoms with van der Waals surface area (Å²) < 4.78 is 225. The third-order valence-electron chi connectivity index (χ3n) is 15.1. The van der Waals surface area contributed by atoms with Crippen LogP contribution in [0.5, 0.6) is 0 Å². The average Bonchev–Trinajstić information content (AvgIpc) is 3.34. The lowest BCUT2D eigenvalue weighted by Gasteiger charge is -2.41. The second-order valence-electron chi connectivity index (χ2n) is 20.1. The first kappa shape index (κ1) is 71.2. The molecule has 73 heavy (non-hydrogen) atoms. The molecule has 0 aromatic heterocycles. The Labute approximate surface area is 430 Å². The smallest absolute Gasteiger partial charge is 0.207 e.